The van der Waals surface area contributed by atoms with Gasteiger partial charge < -0.3 is 11.0 Å². The Balaban J connectivity index is 0. The Morgan fingerprint density at radius 2 is 2.46 bits per heavy atom. The Bertz CT molecular complexity index is 171. The second-order valence-corrected chi connectivity index (χ2v) is 2.88. The van der Waals surface area contributed by atoms with E-state index in [9.17, 15) is 4.79 Å². The quantitative estimate of drug-likeness (QED) is 0.483. The van der Waals surface area contributed by atoms with E-state index in [1.165, 1.54) is 0 Å². The third kappa shape index (κ3) is 4.87. The fourth-order valence-electron chi connectivity index (χ4n) is 1.04. The Kier molecular flexibility index (Phi) is 7.91. The van der Waals surface area contributed by atoms with Gasteiger partial charge in [-0.05, 0) is 6.92 Å². The van der Waals surface area contributed by atoms with E-state index in [0.717, 1.165) is 0 Å². The van der Waals surface area contributed by atoms with Crippen LogP contribution in [0, 0.1) is 0 Å². The first-order chi connectivity index (χ1) is 5.74. The number of hydrogen-bond donors (Lipinski definition) is 0. The van der Waals surface area contributed by atoms with Crippen LogP contribution < -0.4 is 51.4 Å². The van der Waals surface area contributed by atoms with Crippen LogP contribution in [-0.4, -0.2) is 36.8 Å². The molecule has 72 valence electrons. The van der Waals surface area contributed by atoms with E-state index in [1.54, 1.807) is 12.0 Å². The van der Waals surface area contributed by atoms with Gasteiger partial charge in [-0.25, -0.2) is 0 Å². The number of carbonyl (C=O) groups is 1. The molecule has 4 nitrogen and oxygen atoms in total. The molecule has 5 heteroatoms. The molecule has 0 spiro atoms. The van der Waals surface area contributed by atoms with Gasteiger partial charge in [0.1, 0.15) is 0 Å². The average molecular weight is 213 g/mol. The topological polar surface area (TPSA) is 38.8 Å². The van der Waals surface area contributed by atoms with Gasteiger partial charge in [-0.1, -0.05) is 6.92 Å². The number of rotatable bonds is 2. The number of carbonyl (C=O) groups excluding carboxylic acids is 1. The molecule has 1 aliphatic rings. The van der Waals surface area contributed by atoms with Crippen molar-refractivity contribution < 1.29 is 67.2 Å². The van der Waals surface area contributed by atoms with Gasteiger partial charge in [0.2, 0.25) is 0 Å². The van der Waals surface area contributed by atoms with E-state index in [1.807, 2.05) is 6.92 Å². The van der Waals surface area contributed by atoms with Crippen LogP contribution in [-0.2, 0) is 14.4 Å². The molecule has 1 saturated heterocycles. The van der Waals surface area contributed by atoms with Crippen molar-refractivity contribution in [3.8, 4) is 0 Å². The zero-order valence-corrected chi connectivity index (χ0v) is 11.7. The molecule has 0 aromatic rings. The van der Waals surface area contributed by atoms with Gasteiger partial charge in [-0.3, -0.25) is 4.79 Å². The maximum absolute atomic E-state index is 10.9. The molecule has 1 aliphatic heterocycles. The smallest absolute Gasteiger partial charge is 1.00 e. The first kappa shape index (κ1) is 14.0. The van der Waals surface area contributed by atoms with Gasteiger partial charge >= 0.3 is 57.4 Å². The predicted molar refractivity (Wildman–Crippen MR) is 44.5 cm³/mol. The van der Waals surface area contributed by atoms with Gasteiger partial charge in [-0.2, -0.15) is 0 Å². The Labute approximate surface area is 123 Å². The normalized spacial score (nSPS) is 23.4. The molecular weight excluding hydrogens is 197 g/mol. The van der Waals surface area contributed by atoms with Crippen molar-refractivity contribution in [2.45, 2.75) is 26.3 Å². The van der Waals surface area contributed by atoms with Crippen LogP contribution in [0.2, 0.25) is 0 Å². The molecule has 0 amide bonds. The molecule has 0 aromatic carbocycles. The van der Waals surface area contributed by atoms with Crippen LogP contribution in [0.15, 0.2) is 0 Å². The van der Waals surface area contributed by atoms with Crippen LogP contribution in [0.1, 0.15) is 21.7 Å². The second-order valence-electron chi connectivity index (χ2n) is 2.88. The average Bonchev–Trinajstić information content (AvgIpc) is 2.09. The van der Waals surface area contributed by atoms with Crippen LogP contribution in [0.3, 0.4) is 0 Å². The van der Waals surface area contributed by atoms with Crippen molar-refractivity contribution in [1.29, 1.82) is 0 Å². The summed E-state index contributed by atoms with van der Waals surface area (Å²) in [4.78, 5) is 16.0. The molecule has 1 fully saturated rings. The summed E-state index contributed by atoms with van der Waals surface area (Å²) in [6.07, 6.45) is 0.421. The van der Waals surface area contributed by atoms with Crippen molar-refractivity contribution in [2.24, 2.45) is 0 Å². The molecule has 1 rings (SSSR count). The number of morpholine rings is 1. The summed E-state index contributed by atoms with van der Waals surface area (Å²) in [6, 6.07) is 0.175. The summed E-state index contributed by atoms with van der Waals surface area (Å²) in [5, 5.41) is 1.69. The number of nitrogens with zero attached hydrogens (tertiary/aromatic N) is 1. The second kappa shape index (κ2) is 7.34. The van der Waals surface area contributed by atoms with Gasteiger partial charge in [0, 0.05) is 6.42 Å². The van der Waals surface area contributed by atoms with E-state index < -0.39 is 0 Å². The van der Waals surface area contributed by atoms with E-state index >= 15 is 0 Å². The zero-order valence-electron chi connectivity index (χ0n) is 9.58. The number of hydrogen-bond acceptors (Lipinski definition) is 4. The molecule has 1 atom stereocenters. The third-order valence-corrected chi connectivity index (χ3v) is 1.81. The van der Waals surface area contributed by atoms with Crippen molar-refractivity contribution in [3.05, 3.63) is 0 Å². The van der Waals surface area contributed by atoms with Gasteiger partial charge in [0.05, 0.1) is 25.8 Å². The van der Waals surface area contributed by atoms with Crippen molar-refractivity contribution in [1.82, 2.24) is 5.06 Å². The van der Waals surface area contributed by atoms with E-state index in [0.29, 0.717) is 26.2 Å². The molecule has 0 aliphatic carbocycles. The Hall–Kier alpha value is 1.03. The Morgan fingerprint density at radius 3 is 3.00 bits per heavy atom. The monoisotopic (exact) mass is 213 g/mol. The molecule has 0 saturated carbocycles. The van der Waals surface area contributed by atoms with Crippen molar-refractivity contribution in [3.63, 3.8) is 0 Å². The summed E-state index contributed by atoms with van der Waals surface area (Å²) < 4.78 is 5.19. The summed E-state index contributed by atoms with van der Waals surface area (Å²) in [5.41, 5.74) is 0. The maximum atomic E-state index is 10.9. The predicted octanol–water partition coefficient (Wildman–Crippen LogP) is -2.31. The van der Waals surface area contributed by atoms with Crippen LogP contribution >= 0.6 is 0 Å². The molecule has 0 N–H and O–H groups in total. The molecule has 13 heavy (non-hydrogen) atoms. The van der Waals surface area contributed by atoms with E-state index in [-0.39, 0.29) is 64.8 Å². The largest absolute Gasteiger partial charge is 1.00 e. The van der Waals surface area contributed by atoms with Gasteiger partial charge in [0.15, 0.2) is 0 Å². The minimum absolute atomic E-state index is 0. The van der Waals surface area contributed by atoms with Crippen molar-refractivity contribution >= 4 is 5.97 Å². The fraction of sp³-hybridized carbons (Fsp3) is 0.875. The fourth-order valence-corrected chi connectivity index (χ4v) is 1.04. The van der Waals surface area contributed by atoms with Crippen molar-refractivity contribution in [2.75, 3.05) is 19.8 Å². The van der Waals surface area contributed by atoms with E-state index in [2.05, 4.69) is 0 Å². The Morgan fingerprint density at radius 1 is 1.77 bits per heavy atom. The summed E-state index contributed by atoms with van der Waals surface area (Å²) in [6.45, 7) is 5.71. The molecule has 1 unspecified atom stereocenters. The molecule has 0 radical (unpaired) electrons. The SMILES string of the molecule is CCC(=O)ON1CCOCC1C.[H-].[K+]. The molecular formula is C8H16KNO3. The summed E-state index contributed by atoms with van der Waals surface area (Å²) >= 11 is 0. The minimum atomic E-state index is -0.177. The number of hydroxylamine groups is 2. The molecule has 0 aromatic heterocycles. The summed E-state index contributed by atoms with van der Waals surface area (Å²) in [5.74, 6) is -0.177. The first-order valence-corrected chi connectivity index (χ1v) is 4.29. The van der Waals surface area contributed by atoms with E-state index in [4.69, 9.17) is 9.57 Å². The van der Waals surface area contributed by atoms with Gasteiger partial charge in [0.25, 0.3) is 0 Å². The molecule has 1 heterocycles. The third-order valence-electron chi connectivity index (χ3n) is 1.81. The zero-order chi connectivity index (χ0) is 8.97. The maximum Gasteiger partial charge on any atom is 1.00 e. The summed E-state index contributed by atoms with van der Waals surface area (Å²) in [7, 11) is 0. The van der Waals surface area contributed by atoms with Crippen LogP contribution in [0.5, 0.6) is 0 Å². The van der Waals surface area contributed by atoms with Gasteiger partial charge in [-0.15, -0.1) is 5.06 Å². The molecule has 0 bridgehead atoms. The number of ether oxygens (including phenoxy) is 1. The minimum Gasteiger partial charge on any atom is -1.00 e. The first-order valence-electron chi connectivity index (χ1n) is 4.29. The van der Waals surface area contributed by atoms with Crippen LogP contribution in [0.4, 0.5) is 0 Å². The standard InChI is InChI=1S/C8H15NO3.K.H/c1-3-8(10)12-9-4-5-11-6-7(9)2;;/h7H,3-6H2,1-2H3;;/q;+1;-1. The van der Waals surface area contributed by atoms with Crippen LogP contribution in [0.25, 0.3) is 0 Å².